The molecule has 0 bridgehead atoms. The summed E-state index contributed by atoms with van der Waals surface area (Å²) in [4.78, 5) is 12.9. The highest BCUT2D eigenvalue weighted by atomic mass is 16.3. The van der Waals surface area contributed by atoms with Crippen LogP contribution in [0.3, 0.4) is 0 Å². The van der Waals surface area contributed by atoms with Crippen molar-refractivity contribution in [2.24, 2.45) is 11.7 Å². The van der Waals surface area contributed by atoms with Gasteiger partial charge in [0.2, 0.25) is 0 Å². The average molecular weight is 363 g/mol. The summed E-state index contributed by atoms with van der Waals surface area (Å²) in [5.41, 5.74) is 8.69. The molecule has 0 spiro atoms. The van der Waals surface area contributed by atoms with Crippen LogP contribution in [0.25, 0.3) is 22.5 Å². The Bertz CT molecular complexity index is 883. The molecule has 0 aliphatic heterocycles. The van der Waals surface area contributed by atoms with Crippen LogP contribution >= 0.6 is 0 Å². The van der Waals surface area contributed by atoms with E-state index in [0.29, 0.717) is 29.7 Å². The van der Waals surface area contributed by atoms with Gasteiger partial charge in [0.25, 0.3) is 0 Å². The molecule has 2 heterocycles. The predicted molar refractivity (Wildman–Crippen MR) is 108 cm³/mol. The number of benzene rings is 1. The second-order valence-corrected chi connectivity index (χ2v) is 7.00. The zero-order valence-electron chi connectivity index (χ0n) is 15.6. The molecule has 3 aromatic rings. The molecular formula is C21H25N5O. The van der Waals surface area contributed by atoms with Crippen molar-refractivity contribution in [3.8, 4) is 28.3 Å². The molecule has 0 aliphatic carbocycles. The number of nitrogens with one attached hydrogen (secondary N) is 1. The summed E-state index contributed by atoms with van der Waals surface area (Å²) in [5.74, 6) is 1.84. The Morgan fingerprint density at radius 2 is 1.81 bits per heavy atom. The first kappa shape index (κ1) is 18.8. The Morgan fingerprint density at radius 3 is 2.56 bits per heavy atom. The molecule has 0 saturated carbocycles. The van der Waals surface area contributed by atoms with Crippen LogP contribution < -0.4 is 11.1 Å². The number of aromatic nitrogens is 3. The van der Waals surface area contributed by atoms with Gasteiger partial charge in [-0.05, 0) is 53.8 Å². The molecule has 0 unspecified atom stereocenters. The van der Waals surface area contributed by atoms with Crippen LogP contribution in [0, 0.1) is 5.92 Å². The lowest BCUT2D eigenvalue weighted by molar-refractivity contribution is 0.477. The monoisotopic (exact) mass is 363 g/mol. The first-order valence-electron chi connectivity index (χ1n) is 9.09. The molecule has 0 fully saturated rings. The molecule has 0 amide bonds. The molecule has 4 N–H and O–H groups in total. The van der Waals surface area contributed by atoms with Crippen molar-refractivity contribution in [1.82, 2.24) is 15.0 Å². The second kappa shape index (κ2) is 8.60. The van der Waals surface area contributed by atoms with Crippen LogP contribution in [-0.2, 0) is 0 Å². The minimum Gasteiger partial charge on any atom is -0.507 e. The number of nitrogens with zero attached hydrogens (tertiary/aromatic N) is 3. The Hall–Kier alpha value is -2.99. The Balaban J connectivity index is 1.82. The quantitative estimate of drug-likeness (QED) is 0.592. The van der Waals surface area contributed by atoms with Gasteiger partial charge in [0.15, 0.2) is 5.82 Å². The number of hydrogen-bond acceptors (Lipinski definition) is 6. The first-order valence-corrected chi connectivity index (χ1v) is 9.09. The summed E-state index contributed by atoms with van der Waals surface area (Å²) < 4.78 is 0. The average Bonchev–Trinajstić information content (AvgIpc) is 2.67. The van der Waals surface area contributed by atoms with Gasteiger partial charge in [-0.25, -0.2) is 9.97 Å². The molecule has 6 nitrogen and oxygen atoms in total. The largest absolute Gasteiger partial charge is 0.507 e. The number of anilines is 1. The van der Waals surface area contributed by atoms with E-state index in [1.165, 1.54) is 0 Å². The summed E-state index contributed by atoms with van der Waals surface area (Å²) in [6.07, 6.45) is 6.10. The zero-order chi connectivity index (χ0) is 19.2. The van der Waals surface area contributed by atoms with E-state index in [4.69, 9.17) is 5.73 Å². The molecule has 1 atom stereocenters. The minimum absolute atomic E-state index is 0.0619. The highest BCUT2D eigenvalue weighted by Gasteiger charge is 2.11. The van der Waals surface area contributed by atoms with E-state index in [1.54, 1.807) is 30.7 Å². The predicted octanol–water partition coefficient (Wildman–Crippen LogP) is 3.70. The van der Waals surface area contributed by atoms with Gasteiger partial charge in [-0.15, -0.1) is 0 Å². The van der Waals surface area contributed by atoms with E-state index in [2.05, 4.69) is 34.1 Å². The van der Waals surface area contributed by atoms with Gasteiger partial charge in [0, 0.05) is 31.2 Å². The van der Waals surface area contributed by atoms with Crippen molar-refractivity contribution in [3.05, 3.63) is 55.0 Å². The van der Waals surface area contributed by atoms with Crippen LogP contribution in [-0.4, -0.2) is 32.6 Å². The highest BCUT2D eigenvalue weighted by molar-refractivity contribution is 5.74. The van der Waals surface area contributed by atoms with Gasteiger partial charge in [-0.2, -0.15) is 0 Å². The zero-order valence-corrected chi connectivity index (χ0v) is 15.6. The van der Waals surface area contributed by atoms with Crippen molar-refractivity contribution in [2.75, 3.05) is 11.9 Å². The third-order valence-electron chi connectivity index (χ3n) is 4.23. The maximum atomic E-state index is 10.3. The summed E-state index contributed by atoms with van der Waals surface area (Å²) >= 11 is 0. The minimum atomic E-state index is 0.0619. The molecule has 6 heteroatoms. The first-order chi connectivity index (χ1) is 13.0. The number of rotatable bonds is 7. The number of hydrogen-bond donors (Lipinski definition) is 3. The lowest BCUT2D eigenvalue weighted by atomic mass is 10.0. The van der Waals surface area contributed by atoms with E-state index in [-0.39, 0.29) is 11.8 Å². The molecular weight excluding hydrogens is 338 g/mol. The van der Waals surface area contributed by atoms with Crippen molar-refractivity contribution in [1.29, 1.82) is 0 Å². The van der Waals surface area contributed by atoms with Gasteiger partial charge >= 0.3 is 0 Å². The Morgan fingerprint density at radius 1 is 1.04 bits per heavy atom. The van der Waals surface area contributed by atoms with Gasteiger partial charge in [-0.3, -0.25) is 4.98 Å². The summed E-state index contributed by atoms with van der Waals surface area (Å²) in [7, 11) is 0. The fraction of sp³-hybridized carbons (Fsp3) is 0.286. The van der Waals surface area contributed by atoms with Gasteiger partial charge in [0.1, 0.15) is 11.6 Å². The molecule has 2 aromatic heterocycles. The maximum absolute atomic E-state index is 10.3. The lowest BCUT2D eigenvalue weighted by Gasteiger charge is -2.15. The van der Waals surface area contributed by atoms with Gasteiger partial charge in [0.05, 0.1) is 5.56 Å². The van der Waals surface area contributed by atoms with E-state index in [0.717, 1.165) is 17.5 Å². The number of nitrogens with two attached hydrogens (primary N) is 1. The molecule has 0 aliphatic rings. The molecule has 140 valence electrons. The summed E-state index contributed by atoms with van der Waals surface area (Å²) in [5, 5.41) is 13.6. The van der Waals surface area contributed by atoms with Crippen molar-refractivity contribution < 1.29 is 5.11 Å². The fourth-order valence-electron chi connectivity index (χ4n) is 2.95. The number of phenolic OH excluding ortho intramolecular Hbond substituents is 1. The number of aromatic hydroxyl groups is 1. The summed E-state index contributed by atoms with van der Waals surface area (Å²) in [6.45, 7) is 4.94. The number of pyridine rings is 1. The smallest absolute Gasteiger partial charge is 0.165 e. The van der Waals surface area contributed by atoms with E-state index >= 15 is 0 Å². The van der Waals surface area contributed by atoms with Crippen LogP contribution in [0.2, 0.25) is 0 Å². The van der Waals surface area contributed by atoms with Crippen molar-refractivity contribution >= 4 is 5.82 Å². The van der Waals surface area contributed by atoms with E-state index in [1.807, 2.05) is 24.3 Å². The summed E-state index contributed by atoms with van der Waals surface area (Å²) in [6, 6.07) is 11.1. The maximum Gasteiger partial charge on any atom is 0.165 e. The highest BCUT2D eigenvalue weighted by Crippen LogP contribution is 2.31. The Kier molecular flexibility index (Phi) is 5.98. The third kappa shape index (κ3) is 5.01. The van der Waals surface area contributed by atoms with Crippen LogP contribution in [0.15, 0.2) is 55.0 Å². The fourth-order valence-corrected chi connectivity index (χ4v) is 2.95. The number of phenols is 1. The molecule has 0 saturated heterocycles. The van der Waals surface area contributed by atoms with E-state index < -0.39 is 0 Å². The van der Waals surface area contributed by atoms with Gasteiger partial charge in [-0.1, -0.05) is 19.9 Å². The van der Waals surface area contributed by atoms with Crippen LogP contribution in [0.5, 0.6) is 5.75 Å². The van der Waals surface area contributed by atoms with Crippen LogP contribution in [0.1, 0.15) is 20.3 Å². The normalized spacial score (nSPS) is 12.1. The van der Waals surface area contributed by atoms with Crippen molar-refractivity contribution in [3.63, 3.8) is 0 Å². The molecule has 1 aromatic carbocycles. The second-order valence-electron chi connectivity index (χ2n) is 7.00. The Labute approximate surface area is 159 Å². The standard InChI is InChI=1S/C21H25N5O/c1-14(2)11-17(22)13-25-20-7-10-24-21(26-20)18-12-16(3-4-19(18)27)15-5-8-23-9-6-15/h3-10,12,14,17,27H,11,13,22H2,1-2H3,(H,24,25,26)/t17-/m0/s1. The third-order valence-corrected chi connectivity index (χ3v) is 4.23. The molecule has 0 radical (unpaired) electrons. The topological polar surface area (TPSA) is 97.0 Å². The van der Waals surface area contributed by atoms with Gasteiger partial charge < -0.3 is 16.2 Å². The van der Waals surface area contributed by atoms with Crippen LogP contribution in [0.4, 0.5) is 5.82 Å². The van der Waals surface area contributed by atoms with E-state index in [9.17, 15) is 5.11 Å². The SMILES string of the molecule is CC(C)C[C@H](N)CNc1ccnc(-c2cc(-c3ccncc3)ccc2O)n1. The lowest BCUT2D eigenvalue weighted by Crippen LogP contribution is -2.30. The molecule has 3 rings (SSSR count). The molecule has 27 heavy (non-hydrogen) atoms. The van der Waals surface area contributed by atoms with Crippen molar-refractivity contribution in [2.45, 2.75) is 26.3 Å².